The first kappa shape index (κ1) is 22.3. The van der Waals surface area contributed by atoms with Gasteiger partial charge in [0.15, 0.2) is 11.0 Å². The van der Waals surface area contributed by atoms with Crippen molar-refractivity contribution in [1.29, 1.82) is 0 Å². The number of amides is 1. The van der Waals surface area contributed by atoms with Gasteiger partial charge in [-0.2, -0.15) is 0 Å². The van der Waals surface area contributed by atoms with Crippen LogP contribution in [0.3, 0.4) is 0 Å². The van der Waals surface area contributed by atoms with Gasteiger partial charge in [-0.1, -0.05) is 54.0 Å². The number of thioether (sulfide) groups is 1. The van der Waals surface area contributed by atoms with Crippen LogP contribution in [0.2, 0.25) is 10.0 Å². The Morgan fingerprint density at radius 3 is 2.56 bits per heavy atom. The number of anilines is 1. The quantitative estimate of drug-likeness (QED) is 0.329. The number of nitrogens with zero attached hydrogens (tertiary/aromatic N) is 4. The van der Waals surface area contributed by atoms with E-state index in [1.165, 1.54) is 17.3 Å². The lowest BCUT2D eigenvalue weighted by Gasteiger charge is -2.11. The van der Waals surface area contributed by atoms with Gasteiger partial charge in [-0.15, -0.1) is 10.2 Å². The van der Waals surface area contributed by atoms with E-state index < -0.39 is 0 Å². The predicted octanol–water partition coefficient (Wildman–Crippen LogP) is 5.93. The molecule has 0 atom stereocenters. The summed E-state index contributed by atoms with van der Waals surface area (Å²) < 4.78 is 1.84. The molecule has 2 aromatic carbocycles. The molecule has 6 nitrogen and oxygen atoms in total. The van der Waals surface area contributed by atoms with E-state index in [1.807, 2.05) is 47.0 Å². The Hall–Kier alpha value is -2.87. The fraction of sp³-hybridized carbons (Fsp3) is 0.130. The summed E-state index contributed by atoms with van der Waals surface area (Å²) in [6, 6.07) is 16.8. The summed E-state index contributed by atoms with van der Waals surface area (Å²) in [7, 11) is 0. The molecule has 2 heterocycles. The molecule has 0 saturated carbocycles. The normalized spacial score (nSPS) is 10.8. The highest BCUT2D eigenvalue weighted by Gasteiger charge is 2.18. The van der Waals surface area contributed by atoms with E-state index in [4.69, 9.17) is 23.2 Å². The summed E-state index contributed by atoms with van der Waals surface area (Å²) >= 11 is 13.6. The maximum atomic E-state index is 12.5. The van der Waals surface area contributed by atoms with Gasteiger partial charge in [0.2, 0.25) is 5.91 Å². The zero-order valence-electron chi connectivity index (χ0n) is 17.1. The Morgan fingerprint density at radius 2 is 1.88 bits per heavy atom. The van der Waals surface area contributed by atoms with Crippen molar-refractivity contribution in [2.75, 3.05) is 11.1 Å². The highest BCUT2D eigenvalue weighted by atomic mass is 35.5. The van der Waals surface area contributed by atoms with E-state index in [2.05, 4.69) is 27.4 Å². The Kier molecular flexibility index (Phi) is 7.09. The van der Waals surface area contributed by atoms with Gasteiger partial charge in [-0.05, 0) is 54.4 Å². The van der Waals surface area contributed by atoms with E-state index in [0.29, 0.717) is 21.0 Å². The molecule has 162 valence electrons. The minimum Gasteiger partial charge on any atom is -0.325 e. The Labute approximate surface area is 200 Å². The fourth-order valence-electron chi connectivity index (χ4n) is 3.05. The van der Waals surface area contributed by atoms with Gasteiger partial charge in [-0.25, -0.2) is 0 Å². The highest BCUT2D eigenvalue weighted by molar-refractivity contribution is 7.99. The van der Waals surface area contributed by atoms with E-state index in [-0.39, 0.29) is 11.7 Å². The molecule has 0 aliphatic carbocycles. The summed E-state index contributed by atoms with van der Waals surface area (Å²) in [6.07, 6.45) is 4.35. The molecule has 32 heavy (non-hydrogen) atoms. The number of aromatic nitrogens is 4. The molecule has 1 amide bonds. The molecule has 0 radical (unpaired) electrons. The molecule has 1 N–H and O–H groups in total. The van der Waals surface area contributed by atoms with E-state index in [0.717, 1.165) is 23.4 Å². The van der Waals surface area contributed by atoms with Crippen LogP contribution in [0.4, 0.5) is 5.69 Å². The second-order valence-electron chi connectivity index (χ2n) is 6.87. The van der Waals surface area contributed by atoms with Gasteiger partial charge in [0.05, 0.1) is 21.5 Å². The van der Waals surface area contributed by atoms with Crippen molar-refractivity contribution >= 4 is 46.6 Å². The average Bonchev–Trinajstić information content (AvgIpc) is 3.24. The second kappa shape index (κ2) is 10.2. The van der Waals surface area contributed by atoms with Gasteiger partial charge in [0.25, 0.3) is 0 Å². The van der Waals surface area contributed by atoms with Crippen LogP contribution in [0.25, 0.3) is 17.1 Å². The molecule has 4 rings (SSSR count). The molecule has 0 unspecified atom stereocenters. The summed E-state index contributed by atoms with van der Waals surface area (Å²) in [5.74, 6) is 0.627. The summed E-state index contributed by atoms with van der Waals surface area (Å²) in [5, 5.41) is 13.0. The molecule has 2 aromatic heterocycles. The van der Waals surface area contributed by atoms with Crippen LogP contribution in [-0.2, 0) is 11.2 Å². The maximum Gasteiger partial charge on any atom is 0.234 e. The number of carbonyl (C=O) groups is 1. The van der Waals surface area contributed by atoms with Crippen LogP contribution in [0.1, 0.15) is 12.5 Å². The lowest BCUT2D eigenvalue weighted by atomic mass is 10.1. The average molecular weight is 484 g/mol. The van der Waals surface area contributed by atoms with Crippen molar-refractivity contribution in [3.63, 3.8) is 0 Å². The Morgan fingerprint density at radius 1 is 1.06 bits per heavy atom. The van der Waals surface area contributed by atoms with E-state index >= 15 is 0 Å². The number of benzene rings is 2. The largest absolute Gasteiger partial charge is 0.325 e. The lowest BCUT2D eigenvalue weighted by molar-refractivity contribution is -0.113. The number of carbonyl (C=O) groups excluding carboxylic acids is 1. The monoisotopic (exact) mass is 483 g/mol. The first-order valence-electron chi connectivity index (χ1n) is 9.88. The minimum atomic E-state index is -0.133. The van der Waals surface area contributed by atoms with Crippen LogP contribution in [0.5, 0.6) is 0 Å². The van der Waals surface area contributed by atoms with Crippen molar-refractivity contribution in [2.45, 2.75) is 18.5 Å². The fourth-order valence-corrected chi connectivity index (χ4v) is 4.10. The van der Waals surface area contributed by atoms with Crippen molar-refractivity contribution in [3.8, 4) is 17.1 Å². The number of hydrogen-bond donors (Lipinski definition) is 1. The van der Waals surface area contributed by atoms with Crippen LogP contribution in [0.15, 0.2) is 72.1 Å². The number of hydrogen-bond acceptors (Lipinski definition) is 5. The first-order valence-corrected chi connectivity index (χ1v) is 11.6. The SMILES string of the molecule is CCc1ccc(NC(=O)CSc2nnc(-c3cccnc3)n2-c2ccc(Cl)c(Cl)c2)cc1. The topological polar surface area (TPSA) is 72.7 Å². The lowest BCUT2D eigenvalue weighted by Crippen LogP contribution is -2.14. The zero-order valence-corrected chi connectivity index (χ0v) is 19.5. The number of halogens is 2. The standard InChI is InChI=1S/C23H19Cl2N5OS/c1-2-15-5-7-17(8-6-15)27-21(31)14-32-23-29-28-22(16-4-3-11-26-13-16)30(23)18-9-10-19(24)20(25)12-18/h3-13H,2,14H2,1H3,(H,27,31). The van der Waals surface area contributed by atoms with Gasteiger partial charge >= 0.3 is 0 Å². The van der Waals surface area contributed by atoms with Crippen molar-refractivity contribution < 1.29 is 4.79 Å². The third kappa shape index (κ3) is 5.12. The number of pyridine rings is 1. The van der Waals surface area contributed by atoms with Crippen molar-refractivity contribution in [2.24, 2.45) is 0 Å². The highest BCUT2D eigenvalue weighted by Crippen LogP contribution is 2.31. The third-order valence-electron chi connectivity index (χ3n) is 4.69. The summed E-state index contributed by atoms with van der Waals surface area (Å²) in [6.45, 7) is 2.09. The predicted molar refractivity (Wildman–Crippen MR) is 130 cm³/mol. The van der Waals surface area contributed by atoms with E-state index in [1.54, 1.807) is 24.5 Å². The Bertz CT molecular complexity index is 1230. The van der Waals surface area contributed by atoms with Crippen LogP contribution in [0, 0.1) is 0 Å². The van der Waals surface area contributed by atoms with E-state index in [9.17, 15) is 4.79 Å². The molecular formula is C23H19Cl2N5OS. The van der Waals surface area contributed by atoms with Gasteiger partial charge < -0.3 is 5.32 Å². The Balaban J connectivity index is 1.58. The molecule has 0 spiro atoms. The molecular weight excluding hydrogens is 465 g/mol. The van der Waals surface area contributed by atoms with Crippen molar-refractivity contribution in [1.82, 2.24) is 19.7 Å². The molecule has 0 saturated heterocycles. The molecule has 0 bridgehead atoms. The summed E-state index contributed by atoms with van der Waals surface area (Å²) in [5.41, 5.74) is 3.50. The van der Waals surface area contributed by atoms with Crippen LogP contribution in [-0.4, -0.2) is 31.4 Å². The summed E-state index contributed by atoms with van der Waals surface area (Å²) in [4.78, 5) is 16.7. The molecule has 0 aliphatic rings. The second-order valence-corrected chi connectivity index (χ2v) is 8.63. The molecule has 4 aromatic rings. The smallest absolute Gasteiger partial charge is 0.234 e. The first-order chi connectivity index (χ1) is 15.5. The number of rotatable bonds is 7. The van der Waals surface area contributed by atoms with Gasteiger partial charge in [-0.3, -0.25) is 14.3 Å². The number of nitrogens with one attached hydrogen (secondary N) is 1. The molecule has 0 fully saturated rings. The van der Waals surface area contributed by atoms with Crippen LogP contribution >= 0.6 is 35.0 Å². The van der Waals surface area contributed by atoms with Crippen molar-refractivity contribution in [3.05, 3.63) is 82.6 Å². The number of aryl methyl sites for hydroxylation is 1. The maximum absolute atomic E-state index is 12.5. The van der Waals surface area contributed by atoms with Gasteiger partial charge in [0.1, 0.15) is 0 Å². The molecule has 0 aliphatic heterocycles. The molecule has 9 heteroatoms. The van der Waals surface area contributed by atoms with Crippen LogP contribution < -0.4 is 5.32 Å². The third-order valence-corrected chi connectivity index (χ3v) is 6.36. The van der Waals surface area contributed by atoms with Gasteiger partial charge in [0, 0.05) is 23.6 Å². The zero-order chi connectivity index (χ0) is 22.5. The minimum absolute atomic E-state index is 0.133.